The number of nitrogens with zero attached hydrogens (tertiary/aromatic N) is 1. The maximum atomic E-state index is 13.0. The quantitative estimate of drug-likeness (QED) is 0.347. The molecule has 3 aliphatic rings. The van der Waals surface area contributed by atoms with Crippen molar-refractivity contribution in [3.63, 3.8) is 0 Å². The van der Waals surface area contributed by atoms with E-state index >= 15 is 0 Å². The Morgan fingerprint density at radius 1 is 0.931 bits per heavy atom. The van der Waals surface area contributed by atoms with Gasteiger partial charge in [0.15, 0.2) is 0 Å². The first-order valence-electron chi connectivity index (χ1n) is 9.59. The van der Waals surface area contributed by atoms with Gasteiger partial charge in [0.1, 0.15) is 11.5 Å². The van der Waals surface area contributed by atoms with Crippen molar-refractivity contribution in [2.75, 3.05) is 12.0 Å². The van der Waals surface area contributed by atoms with Crippen molar-refractivity contribution in [3.8, 4) is 11.5 Å². The van der Waals surface area contributed by atoms with Crippen LogP contribution in [0.15, 0.2) is 60.7 Å². The van der Waals surface area contributed by atoms with Crippen LogP contribution in [0.5, 0.6) is 11.5 Å². The van der Waals surface area contributed by atoms with Crippen molar-refractivity contribution < 1.29 is 23.9 Å². The molecule has 1 saturated carbocycles. The van der Waals surface area contributed by atoms with Crippen LogP contribution < -0.4 is 14.4 Å². The molecule has 5 rings (SSSR count). The first kappa shape index (κ1) is 17.7. The maximum Gasteiger partial charge on any atom is 0.343 e. The summed E-state index contributed by atoms with van der Waals surface area (Å²) >= 11 is 0. The maximum absolute atomic E-state index is 13.0. The molecule has 0 aromatic heterocycles. The molecular formula is C23H19NO5. The highest BCUT2D eigenvalue weighted by atomic mass is 16.5. The molecule has 6 nitrogen and oxygen atoms in total. The Bertz CT molecular complexity index is 1010. The molecule has 2 amide bonds. The highest BCUT2D eigenvalue weighted by molar-refractivity contribution is 6.23. The number of esters is 1. The zero-order valence-electron chi connectivity index (χ0n) is 15.8. The van der Waals surface area contributed by atoms with E-state index in [9.17, 15) is 14.4 Å². The van der Waals surface area contributed by atoms with Crippen molar-refractivity contribution in [3.05, 3.63) is 66.2 Å². The highest BCUT2D eigenvalue weighted by Gasteiger charge is 2.59. The van der Waals surface area contributed by atoms with Gasteiger partial charge in [-0.05, 0) is 60.7 Å². The van der Waals surface area contributed by atoms with Crippen LogP contribution in [0.1, 0.15) is 16.8 Å². The van der Waals surface area contributed by atoms with E-state index < -0.39 is 5.97 Å². The van der Waals surface area contributed by atoms with E-state index in [4.69, 9.17) is 9.47 Å². The number of carbonyl (C=O) groups is 3. The van der Waals surface area contributed by atoms with Crippen LogP contribution in [-0.2, 0) is 9.59 Å². The molecule has 1 saturated heterocycles. The monoisotopic (exact) mass is 389 g/mol. The van der Waals surface area contributed by atoms with Gasteiger partial charge in [-0.1, -0.05) is 18.2 Å². The van der Waals surface area contributed by atoms with Crippen LogP contribution in [-0.4, -0.2) is 24.9 Å². The van der Waals surface area contributed by atoms with Crippen molar-refractivity contribution >= 4 is 23.5 Å². The standard InChI is InChI=1S/C23H19NO5/c1-28-17-7-9-18(10-8-17)29-23(27)15-3-2-4-16(12-15)24-21(25)19-13-5-6-14(11-13)20(19)22(24)26/h2-10,12-14,19-20H,11H2,1H3/t13-,14-,19+,20+/m0/s1. The number of methoxy groups -OCH3 is 1. The number of imide groups is 1. The molecule has 0 unspecified atom stereocenters. The van der Waals surface area contributed by atoms with Gasteiger partial charge in [-0.15, -0.1) is 0 Å². The van der Waals surface area contributed by atoms with Crippen LogP contribution in [0.25, 0.3) is 0 Å². The molecule has 1 aliphatic heterocycles. The summed E-state index contributed by atoms with van der Waals surface area (Å²) in [5.41, 5.74) is 0.690. The molecular weight excluding hydrogens is 370 g/mol. The Labute approximate surface area is 167 Å². The topological polar surface area (TPSA) is 72.9 Å². The van der Waals surface area contributed by atoms with Gasteiger partial charge in [-0.2, -0.15) is 0 Å². The van der Waals surface area contributed by atoms with Crippen LogP contribution in [0.4, 0.5) is 5.69 Å². The predicted octanol–water partition coefficient (Wildman–Crippen LogP) is 3.23. The second-order valence-corrected chi connectivity index (χ2v) is 7.63. The number of rotatable bonds is 4. The SMILES string of the molecule is COc1ccc(OC(=O)c2cccc(N3C(=O)[C@H]4[C@H](C3=O)[C@H]3C=C[C@H]4C3)c2)cc1. The lowest BCUT2D eigenvalue weighted by Gasteiger charge is -2.18. The van der Waals surface area contributed by atoms with Gasteiger partial charge in [-0.25, -0.2) is 9.69 Å². The fourth-order valence-corrected chi connectivity index (χ4v) is 4.74. The van der Waals surface area contributed by atoms with E-state index in [0.29, 0.717) is 17.2 Å². The number of amides is 2. The minimum atomic E-state index is -0.557. The largest absolute Gasteiger partial charge is 0.497 e. The second-order valence-electron chi connectivity index (χ2n) is 7.63. The number of anilines is 1. The van der Waals surface area contributed by atoms with Crippen molar-refractivity contribution in [2.45, 2.75) is 6.42 Å². The van der Waals surface area contributed by atoms with Crippen LogP contribution in [0.3, 0.4) is 0 Å². The lowest BCUT2D eigenvalue weighted by Crippen LogP contribution is -2.33. The molecule has 6 heteroatoms. The number of benzene rings is 2. The smallest absolute Gasteiger partial charge is 0.343 e. The summed E-state index contributed by atoms with van der Waals surface area (Å²) < 4.78 is 10.5. The molecule has 2 bridgehead atoms. The summed E-state index contributed by atoms with van der Waals surface area (Å²) in [5, 5.41) is 0. The molecule has 2 aliphatic carbocycles. The Morgan fingerprint density at radius 3 is 2.17 bits per heavy atom. The molecule has 1 heterocycles. The minimum absolute atomic E-state index is 0.148. The number of carbonyl (C=O) groups excluding carboxylic acids is 3. The minimum Gasteiger partial charge on any atom is -0.497 e. The van der Waals surface area contributed by atoms with E-state index in [1.54, 1.807) is 49.6 Å². The third-order valence-electron chi connectivity index (χ3n) is 6.08. The van der Waals surface area contributed by atoms with Crippen LogP contribution >= 0.6 is 0 Å². The second kappa shape index (κ2) is 6.58. The van der Waals surface area contributed by atoms with Crippen LogP contribution in [0, 0.1) is 23.7 Å². The third kappa shape index (κ3) is 2.75. The van der Waals surface area contributed by atoms with Gasteiger partial charge in [0, 0.05) is 0 Å². The van der Waals surface area contributed by atoms with Crippen molar-refractivity contribution in [2.24, 2.45) is 23.7 Å². The normalized spacial score (nSPS) is 26.7. The number of allylic oxidation sites excluding steroid dienone is 2. The Balaban J connectivity index is 1.38. The molecule has 4 atom stereocenters. The van der Waals surface area contributed by atoms with E-state index in [-0.39, 0.29) is 41.0 Å². The predicted molar refractivity (Wildman–Crippen MR) is 105 cm³/mol. The zero-order valence-corrected chi connectivity index (χ0v) is 15.8. The lowest BCUT2D eigenvalue weighted by molar-refractivity contribution is -0.123. The fraction of sp³-hybridized carbons (Fsp3) is 0.261. The molecule has 2 aromatic carbocycles. The number of ether oxygens (including phenoxy) is 2. The lowest BCUT2D eigenvalue weighted by atomic mass is 9.85. The molecule has 0 N–H and O–H groups in total. The van der Waals surface area contributed by atoms with Gasteiger partial charge in [0.2, 0.25) is 11.8 Å². The summed E-state index contributed by atoms with van der Waals surface area (Å²) in [7, 11) is 1.56. The summed E-state index contributed by atoms with van der Waals surface area (Å²) in [4.78, 5) is 39.7. The van der Waals surface area contributed by atoms with Gasteiger partial charge in [-0.3, -0.25) is 9.59 Å². The number of hydrogen-bond acceptors (Lipinski definition) is 5. The first-order valence-corrected chi connectivity index (χ1v) is 9.59. The average Bonchev–Trinajstić information content (AvgIpc) is 3.42. The molecule has 2 aromatic rings. The highest BCUT2D eigenvalue weighted by Crippen LogP contribution is 2.53. The summed E-state index contributed by atoms with van der Waals surface area (Å²) in [5.74, 6) is -0.101. The number of hydrogen-bond donors (Lipinski definition) is 0. The Morgan fingerprint density at radius 2 is 1.55 bits per heavy atom. The molecule has 0 spiro atoms. The first-order chi connectivity index (χ1) is 14.1. The van der Waals surface area contributed by atoms with E-state index in [0.717, 1.165) is 6.42 Å². The average molecular weight is 389 g/mol. The summed E-state index contributed by atoms with van der Waals surface area (Å²) in [6.07, 6.45) is 5.00. The Kier molecular flexibility index (Phi) is 4.01. The van der Waals surface area contributed by atoms with E-state index in [1.165, 1.54) is 11.0 Å². The Hall–Kier alpha value is -3.41. The van der Waals surface area contributed by atoms with Crippen molar-refractivity contribution in [1.82, 2.24) is 0 Å². The van der Waals surface area contributed by atoms with Crippen LogP contribution in [0.2, 0.25) is 0 Å². The molecule has 2 fully saturated rings. The third-order valence-corrected chi connectivity index (χ3v) is 6.08. The molecule has 0 radical (unpaired) electrons. The fourth-order valence-electron chi connectivity index (χ4n) is 4.74. The van der Waals surface area contributed by atoms with Gasteiger partial charge >= 0.3 is 5.97 Å². The van der Waals surface area contributed by atoms with E-state index in [1.807, 2.05) is 0 Å². The summed E-state index contributed by atoms with van der Waals surface area (Å²) in [6.45, 7) is 0. The van der Waals surface area contributed by atoms with Gasteiger partial charge in [0.05, 0.1) is 30.2 Å². The molecule has 146 valence electrons. The van der Waals surface area contributed by atoms with Crippen molar-refractivity contribution in [1.29, 1.82) is 0 Å². The van der Waals surface area contributed by atoms with Gasteiger partial charge in [0.25, 0.3) is 0 Å². The van der Waals surface area contributed by atoms with E-state index in [2.05, 4.69) is 12.2 Å². The number of fused-ring (bicyclic) bond motifs is 5. The summed E-state index contributed by atoms with van der Waals surface area (Å²) in [6, 6.07) is 13.1. The van der Waals surface area contributed by atoms with Gasteiger partial charge < -0.3 is 9.47 Å². The zero-order chi connectivity index (χ0) is 20.1. The molecule has 29 heavy (non-hydrogen) atoms.